The van der Waals surface area contributed by atoms with Crippen molar-refractivity contribution < 1.29 is 0 Å². The van der Waals surface area contributed by atoms with E-state index in [1.165, 1.54) is 0 Å². The number of aromatic nitrogens is 2. The highest BCUT2D eigenvalue weighted by atomic mass is 32.1. The number of thiocarbonyl (C=S) groups is 1. The minimum Gasteiger partial charge on any atom is -0.363 e. The number of aryl methyl sites for hydroxylation is 1. The Morgan fingerprint density at radius 1 is 1.50 bits per heavy atom. The second kappa shape index (κ2) is 4.49. The van der Waals surface area contributed by atoms with Crippen molar-refractivity contribution in [2.75, 3.05) is 11.9 Å². The quantitative estimate of drug-likeness (QED) is 0.779. The van der Waals surface area contributed by atoms with Gasteiger partial charge in [-0.1, -0.05) is 0 Å². The zero-order chi connectivity index (χ0) is 11.5. The maximum absolute atomic E-state index is 5.12. The van der Waals surface area contributed by atoms with Gasteiger partial charge in [0.05, 0.1) is 11.7 Å². The molecule has 0 bridgehead atoms. The van der Waals surface area contributed by atoms with E-state index < -0.39 is 0 Å². The van der Waals surface area contributed by atoms with Gasteiger partial charge in [-0.25, -0.2) is 0 Å². The van der Waals surface area contributed by atoms with Crippen molar-refractivity contribution in [3.05, 3.63) is 24.4 Å². The minimum atomic E-state index is 0.644. The van der Waals surface area contributed by atoms with Crippen molar-refractivity contribution in [3.8, 4) is 0 Å². The van der Waals surface area contributed by atoms with E-state index in [1.807, 2.05) is 43.0 Å². The molecular weight excluding hydrogens is 220 g/mol. The molecule has 0 atom stereocenters. The van der Waals surface area contributed by atoms with Crippen LogP contribution in [0, 0.1) is 0 Å². The molecule has 2 rings (SSSR count). The number of hydrogen-bond acceptors (Lipinski definition) is 2. The second-order valence-corrected chi connectivity index (χ2v) is 3.93. The van der Waals surface area contributed by atoms with Crippen LogP contribution in [0.5, 0.6) is 0 Å². The van der Waals surface area contributed by atoms with Gasteiger partial charge in [-0.2, -0.15) is 5.10 Å². The number of benzene rings is 1. The molecule has 0 saturated heterocycles. The summed E-state index contributed by atoms with van der Waals surface area (Å²) >= 11 is 5.12. The molecule has 0 saturated carbocycles. The van der Waals surface area contributed by atoms with Crippen LogP contribution in [-0.4, -0.2) is 21.4 Å². The Morgan fingerprint density at radius 3 is 3.06 bits per heavy atom. The Kier molecular flexibility index (Phi) is 3.05. The Bertz CT molecular complexity index is 518. The van der Waals surface area contributed by atoms with Crippen molar-refractivity contribution in [3.63, 3.8) is 0 Å². The molecule has 0 amide bonds. The zero-order valence-corrected chi connectivity index (χ0v) is 10.1. The fourth-order valence-corrected chi connectivity index (χ4v) is 1.84. The molecule has 0 fully saturated rings. The fraction of sp³-hybridized carbons (Fsp3) is 0.273. The largest absolute Gasteiger partial charge is 0.363 e. The summed E-state index contributed by atoms with van der Waals surface area (Å²) in [5, 5.41) is 12.1. The molecule has 4 nitrogen and oxygen atoms in total. The van der Waals surface area contributed by atoms with Crippen LogP contribution in [0.2, 0.25) is 0 Å². The normalized spacial score (nSPS) is 10.4. The van der Waals surface area contributed by atoms with Gasteiger partial charge < -0.3 is 10.6 Å². The van der Waals surface area contributed by atoms with E-state index in [2.05, 4.69) is 15.7 Å². The van der Waals surface area contributed by atoms with Gasteiger partial charge >= 0.3 is 0 Å². The van der Waals surface area contributed by atoms with Crippen LogP contribution in [0.3, 0.4) is 0 Å². The molecule has 1 aromatic carbocycles. The molecule has 0 aliphatic rings. The van der Waals surface area contributed by atoms with Crippen LogP contribution in [0.4, 0.5) is 5.69 Å². The van der Waals surface area contributed by atoms with Gasteiger partial charge in [0, 0.05) is 24.7 Å². The number of hydrogen-bond donors (Lipinski definition) is 2. The topological polar surface area (TPSA) is 41.9 Å². The predicted octanol–water partition coefficient (Wildman–Crippen LogP) is 1.88. The van der Waals surface area contributed by atoms with Crippen molar-refractivity contribution in [2.24, 2.45) is 7.05 Å². The van der Waals surface area contributed by atoms with E-state index in [4.69, 9.17) is 12.2 Å². The zero-order valence-electron chi connectivity index (χ0n) is 9.32. The number of rotatable bonds is 2. The molecule has 1 aromatic heterocycles. The Morgan fingerprint density at radius 2 is 2.31 bits per heavy atom. The first-order chi connectivity index (χ1) is 7.70. The second-order valence-electron chi connectivity index (χ2n) is 3.53. The molecule has 0 radical (unpaired) electrons. The molecule has 5 heteroatoms. The fourth-order valence-electron chi connectivity index (χ4n) is 1.58. The van der Waals surface area contributed by atoms with Crippen molar-refractivity contribution >= 4 is 33.9 Å². The van der Waals surface area contributed by atoms with Crippen molar-refractivity contribution in [2.45, 2.75) is 6.92 Å². The first-order valence-electron chi connectivity index (χ1n) is 5.17. The van der Waals surface area contributed by atoms with E-state index in [0.29, 0.717) is 5.11 Å². The summed E-state index contributed by atoms with van der Waals surface area (Å²) in [6.07, 6.45) is 1.84. The highest BCUT2D eigenvalue weighted by Crippen LogP contribution is 2.18. The van der Waals surface area contributed by atoms with Gasteiger partial charge in [-0.15, -0.1) is 0 Å². The van der Waals surface area contributed by atoms with Gasteiger partial charge in [-0.05, 0) is 37.3 Å². The van der Waals surface area contributed by atoms with E-state index in [1.54, 1.807) is 0 Å². The molecule has 84 valence electrons. The lowest BCUT2D eigenvalue weighted by atomic mass is 10.2. The molecule has 0 aliphatic carbocycles. The Balaban J connectivity index is 2.23. The highest BCUT2D eigenvalue weighted by molar-refractivity contribution is 7.80. The van der Waals surface area contributed by atoms with Crippen LogP contribution in [0.15, 0.2) is 24.4 Å². The van der Waals surface area contributed by atoms with Gasteiger partial charge in [-0.3, -0.25) is 4.68 Å². The minimum absolute atomic E-state index is 0.644. The van der Waals surface area contributed by atoms with Crippen LogP contribution in [-0.2, 0) is 7.05 Å². The molecule has 1 heterocycles. The lowest BCUT2D eigenvalue weighted by Gasteiger charge is -2.08. The predicted molar refractivity (Wildman–Crippen MR) is 70.6 cm³/mol. The van der Waals surface area contributed by atoms with Crippen LogP contribution < -0.4 is 10.6 Å². The van der Waals surface area contributed by atoms with Gasteiger partial charge in [0.2, 0.25) is 0 Å². The standard InChI is InChI=1S/C11H14N4S/c1-3-12-11(16)14-9-4-5-10-8(6-9)7-13-15(10)2/h4-7H,3H2,1-2H3,(H2,12,14,16). The number of nitrogens with zero attached hydrogens (tertiary/aromatic N) is 2. The average molecular weight is 234 g/mol. The summed E-state index contributed by atoms with van der Waals surface area (Å²) in [5.41, 5.74) is 2.09. The van der Waals surface area contributed by atoms with Crippen LogP contribution in [0.25, 0.3) is 10.9 Å². The van der Waals surface area contributed by atoms with E-state index >= 15 is 0 Å². The van der Waals surface area contributed by atoms with E-state index in [0.717, 1.165) is 23.1 Å². The SMILES string of the molecule is CCNC(=S)Nc1ccc2c(cnn2C)c1. The van der Waals surface area contributed by atoms with Crippen LogP contribution >= 0.6 is 12.2 Å². The van der Waals surface area contributed by atoms with Gasteiger partial charge in [0.1, 0.15) is 0 Å². The third kappa shape index (κ3) is 2.14. The molecule has 0 spiro atoms. The summed E-state index contributed by atoms with van der Waals surface area (Å²) in [6.45, 7) is 2.83. The first-order valence-corrected chi connectivity index (χ1v) is 5.58. The molecule has 2 aromatic rings. The van der Waals surface area contributed by atoms with Crippen molar-refractivity contribution in [1.82, 2.24) is 15.1 Å². The van der Waals surface area contributed by atoms with E-state index in [9.17, 15) is 0 Å². The number of fused-ring (bicyclic) bond motifs is 1. The third-order valence-corrected chi connectivity index (χ3v) is 2.59. The van der Waals surface area contributed by atoms with Gasteiger partial charge in [0.25, 0.3) is 0 Å². The number of nitrogens with one attached hydrogen (secondary N) is 2. The smallest absolute Gasteiger partial charge is 0.170 e. The molecule has 0 unspecified atom stereocenters. The first kappa shape index (κ1) is 10.9. The van der Waals surface area contributed by atoms with Crippen LogP contribution in [0.1, 0.15) is 6.92 Å². The third-order valence-electron chi connectivity index (χ3n) is 2.34. The summed E-state index contributed by atoms with van der Waals surface area (Å²) < 4.78 is 1.85. The van der Waals surface area contributed by atoms with E-state index in [-0.39, 0.29) is 0 Å². The van der Waals surface area contributed by atoms with Gasteiger partial charge in [0.15, 0.2) is 5.11 Å². The monoisotopic (exact) mass is 234 g/mol. The maximum Gasteiger partial charge on any atom is 0.170 e. The lowest BCUT2D eigenvalue weighted by molar-refractivity contribution is 0.797. The average Bonchev–Trinajstić information content (AvgIpc) is 2.60. The maximum atomic E-state index is 5.12. The molecule has 2 N–H and O–H groups in total. The summed E-state index contributed by atoms with van der Waals surface area (Å²) in [6, 6.07) is 6.05. The highest BCUT2D eigenvalue weighted by Gasteiger charge is 2.01. The lowest BCUT2D eigenvalue weighted by Crippen LogP contribution is -2.27. The van der Waals surface area contributed by atoms with Crippen molar-refractivity contribution in [1.29, 1.82) is 0 Å². The summed E-state index contributed by atoms with van der Waals surface area (Å²) in [4.78, 5) is 0. The number of anilines is 1. The molecular formula is C11H14N4S. The molecule has 0 aliphatic heterocycles. The Hall–Kier alpha value is -1.62. The summed E-state index contributed by atoms with van der Waals surface area (Å²) in [7, 11) is 1.93. The molecule has 16 heavy (non-hydrogen) atoms. The Labute approximate surface area is 99.6 Å². The summed E-state index contributed by atoms with van der Waals surface area (Å²) in [5.74, 6) is 0.